The fourth-order valence-corrected chi connectivity index (χ4v) is 2.69. The lowest BCUT2D eigenvalue weighted by Gasteiger charge is -2.33. The Bertz CT molecular complexity index is 559. The Morgan fingerprint density at radius 3 is 2.52 bits per heavy atom. The van der Waals surface area contributed by atoms with Crippen molar-refractivity contribution in [3.63, 3.8) is 0 Å². The predicted octanol–water partition coefficient (Wildman–Crippen LogP) is 3.39. The minimum Gasteiger partial charge on any atom is -0.480 e. The van der Waals surface area contributed by atoms with Crippen molar-refractivity contribution in [1.29, 1.82) is 0 Å². The highest BCUT2D eigenvalue weighted by Crippen LogP contribution is 2.29. The van der Waals surface area contributed by atoms with Crippen molar-refractivity contribution in [3.05, 3.63) is 29.0 Å². The van der Waals surface area contributed by atoms with E-state index in [4.69, 9.17) is 11.6 Å². The number of hydrogen-bond acceptors (Lipinski definition) is 2. The van der Waals surface area contributed by atoms with E-state index in [-0.39, 0.29) is 10.7 Å². The van der Waals surface area contributed by atoms with Gasteiger partial charge in [-0.05, 0) is 25.0 Å². The maximum absolute atomic E-state index is 13.7. The number of hydrogen-bond donors (Lipinski definition) is 3. The summed E-state index contributed by atoms with van der Waals surface area (Å²) in [5.41, 5.74) is -1.37. The number of amides is 2. The summed E-state index contributed by atoms with van der Waals surface area (Å²) in [6.07, 6.45) is 3.15. The number of nitrogens with one attached hydrogen (secondary N) is 2. The Hall–Kier alpha value is -1.82. The fourth-order valence-electron chi connectivity index (χ4n) is 2.52. The Morgan fingerprint density at radius 1 is 1.24 bits per heavy atom. The monoisotopic (exact) mass is 314 g/mol. The molecule has 114 valence electrons. The van der Waals surface area contributed by atoms with Crippen molar-refractivity contribution in [3.8, 4) is 0 Å². The van der Waals surface area contributed by atoms with Crippen LogP contribution in [0.2, 0.25) is 5.02 Å². The second-order valence-corrected chi connectivity index (χ2v) is 5.54. The van der Waals surface area contributed by atoms with Gasteiger partial charge in [-0.3, -0.25) is 0 Å². The van der Waals surface area contributed by atoms with Gasteiger partial charge in [0.05, 0.1) is 10.7 Å². The molecule has 0 unspecified atom stereocenters. The topological polar surface area (TPSA) is 78.4 Å². The van der Waals surface area contributed by atoms with Gasteiger partial charge in [0.15, 0.2) is 5.82 Å². The lowest BCUT2D eigenvalue weighted by molar-refractivity contribution is -0.145. The van der Waals surface area contributed by atoms with Gasteiger partial charge in [-0.15, -0.1) is 0 Å². The minimum atomic E-state index is -1.28. The zero-order valence-corrected chi connectivity index (χ0v) is 12.0. The third-order valence-electron chi connectivity index (χ3n) is 3.67. The molecule has 0 radical (unpaired) electrons. The molecule has 0 aliphatic heterocycles. The summed E-state index contributed by atoms with van der Waals surface area (Å²) >= 11 is 5.63. The van der Waals surface area contributed by atoms with Crippen LogP contribution < -0.4 is 10.6 Å². The van der Waals surface area contributed by atoms with Crippen LogP contribution in [0.15, 0.2) is 18.2 Å². The second-order valence-electron chi connectivity index (χ2n) is 5.13. The maximum Gasteiger partial charge on any atom is 0.329 e. The number of carbonyl (C=O) groups is 2. The van der Waals surface area contributed by atoms with Gasteiger partial charge in [0.2, 0.25) is 0 Å². The summed E-state index contributed by atoms with van der Waals surface area (Å²) in [6.45, 7) is 0. The molecule has 1 fully saturated rings. The normalized spacial score (nSPS) is 17.0. The van der Waals surface area contributed by atoms with Crippen molar-refractivity contribution in [2.45, 2.75) is 37.6 Å². The lowest BCUT2D eigenvalue weighted by Crippen LogP contribution is -2.56. The molecule has 0 saturated heterocycles. The van der Waals surface area contributed by atoms with Gasteiger partial charge in [-0.25, -0.2) is 14.0 Å². The minimum absolute atomic E-state index is 0.0867. The number of carboxylic acids is 1. The van der Waals surface area contributed by atoms with E-state index in [2.05, 4.69) is 10.6 Å². The highest BCUT2D eigenvalue weighted by Gasteiger charge is 2.41. The van der Waals surface area contributed by atoms with Crippen LogP contribution in [0.5, 0.6) is 0 Å². The molecule has 5 nitrogen and oxygen atoms in total. The Kier molecular flexibility index (Phi) is 4.67. The van der Waals surface area contributed by atoms with Gasteiger partial charge in [0.25, 0.3) is 0 Å². The van der Waals surface area contributed by atoms with E-state index in [9.17, 15) is 19.1 Å². The van der Waals surface area contributed by atoms with Crippen LogP contribution in [0, 0.1) is 5.82 Å². The smallest absolute Gasteiger partial charge is 0.329 e. The van der Waals surface area contributed by atoms with Crippen molar-refractivity contribution in [2.75, 3.05) is 5.32 Å². The molecule has 7 heteroatoms. The number of rotatable bonds is 3. The molecule has 0 spiro atoms. The quantitative estimate of drug-likeness (QED) is 0.800. The summed E-state index contributed by atoms with van der Waals surface area (Å²) in [5.74, 6) is -1.81. The number of anilines is 1. The van der Waals surface area contributed by atoms with Gasteiger partial charge < -0.3 is 15.7 Å². The van der Waals surface area contributed by atoms with E-state index < -0.39 is 23.4 Å². The molecule has 0 heterocycles. The average molecular weight is 315 g/mol. The maximum atomic E-state index is 13.7. The largest absolute Gasteiger partial charge is 0.480 e. The fraction of sp³-hybridized carbons (Fsp3) is 0.429. The Balaban J connectivity index is 2.09. The van der Waals surface area contributed by atoms with Gasteiger partial charge in [-0.1, -0.05) is 36.9 Å². The SMILES string of the molecule is O=C(Nc1cccc(Cl)c1F)NC1(C(=O)O)CCCCC1. The molecular weight excluding hydrogens is 299 g/mol. The first-order valence-corrected chi connectivity index (χ1v) is 7.09. The highest BCUT2D eigenvalue weighted by atomic mass is 35.5. The molecule has 0 bridgehead atoms. The van der Waals surface area contributed by atoms with E-state index in [0.717, 1.165) is 19.3 Å². The molecule has 3 N–H and O–H groups in total. The lowest BCUT2D eigenvalue weighted by atomic mass is 9.82. The Labute approximate surface area is 126 Å². The van der Waals surface area contributed by atoms with Crippen LogP contribution >= 0.6 is 11.6 Å². The average Bonchev–Trinajstić information content (AvgIpc) is 2.44. The first kappa shape index (κ1) is 15.6. The first-order valence-electron chi connectivity index (χ1n) is 6.71. The van der Waals surface area contributed by atoms with Crippen LogP contribution in [0.3, 0.4) is 0 Å². The van der Waals surface area contributed by atoms with E-state index >= 15 is 0 Å². The van der Waals surface area contributed by atoms with Crippen molar-refractivity contribution < 1.29 is 19.1 Å². The van der Waals surface area contributed by atoms with Gasteiger partial charge >= 0.3 is 12.0 Å². The molecule has 1 aliphatic carbocycles. The van der Waals surface area contributed by atoms with Crippen molar-refractivity contribution in [2.24, 2.45) is 0 Å². The van der Waals surface area contributed by atoms with Crippen molar-refractivity contribution >= 4 is 29.3 Å². The van der Waals surface area contributed by atoms with Crippen LogP contribution in [0.4, 0.5) is 14.9 Å². The molecule has 1 aliphatic rings. The Morgan fingerprint density at radius 2 is 1.90 bits per heavy atom. The third-order valence-corrected chi connectivity index (χ3v) is 3.96. The van der Waals surface area contributed by atoms with Crippen LogP contribution in [-0.2, 0) is 4.79 Å². The second kappa shape index (κ2) is 6.30. The summed E-state index contributed by atoms with van der Waals surface area (Å²) < 4.78 is 13.7. The molecule has 0 aromatic heterocycles. The molecular formula is C14H16ClFN2O3. The van der Waals surface area contributed by atoms with E-state index in [0.29, 0.717) is 12.8 Å². The van der Waals surface area contributed by atoms with Crippen molar-refractivity contribution in [1.82, 2.24) is 5.32 Å². The third kappa shape index (κ3) is 3.44. The number of benzene rings is 1. The van der Waals surface area contributed by atoms with E-state index in [1.807, 2.05) is 0 Å². The number of carboxylic acid groups (broad SMARTS) is 1. The van der Waals surface area contributed by atoms with Gasteiger partial charge in [-0.2, -0.15) is 0 Å². The molecule has 1 aromatic rings. The zero-order valence-electron chi connectivity index (χ0n) is 11.3. The number of urea groups is 1. The van der Waals surface area contributed by atoms with Gasteiger partial charge in [0, 0.05) is 0 Å². The highest BCUT2D eigenvalue weighted by molar-refractivity contribution is 6.31. The first-order chi connectivity index (χ1) is 9.94. The number of carbonyl (C=O) groups excluding carboxylic acids is 1. The van der Waals surface area contributed by atoms with Crippen LogP contribution in [0.1, 0.15) is 32.1 Å². The predicted molar refractivity (Wildman–Crippen MR) is 77.0 cm³/mol. The van der Waals surface area contributed by atoms with Crippen LogP contribution in [0.25, 0.3) is 0 Å². The molecule has 21 heavy (non-hydrogen) atoms. The summed E-state index contributed by atoms with van der Waals surface area (Å²) in [6, 6.07) is 3.46. The molecule has 2 rings (SSSR count). The number of halogens is 2. The summed E-state index contributed by atoms with van der Waals surface area (Å²) in [4.78, 5) is 23.4. The number of aliphatic carboxylic acids is 1. The molecule has 0 atom stereocenters. The molecule has 1 saturated carbocycles. The molecule has 2 amide bonds. The van der Waals surface area contributed by atoms with Crippen LogP contribution in [-0.4, -0.2) is 22.6 Å². The van der Waals surface area contributed by atoms with E-state index in [1.54, 1.807) is 0 Å². The molecule has 1 aromatic carbocycles. The standard InChI is InChI=1S/C14H16ClFN2O3/c15-9-5-4-6-10(11(9)16)17-13(21)18-14(12(19)20)7-2-1-3-8-14/h4-6H,1-3,7-8H2,(H,19,20)(H2,17,18,21). The zero-order chi connectivity index (χ0) is 15.5. The van der Waals surface area contributed by atoms with Gasteiger partial charge in [0.1, 0.15) is 5.54 Å². The van der Waals surface area contributed by atoms with E-state index in [1.165, 1.54) is 18.2 Å². The summed E-state index contributed by atoms with van der Waals surface area (Å²) in [5, 5.41) is 14.0. The summed E-state index contributed by atoms with van der Waals surface area (Å²) in [7, 11) is 0.